The van der Waals surface area contributed by atoms with Gasteiger partial charge < -0.3 is 19.3 Å². The summed E-state index contributed by atoms with van der Waals surface area (Å²) in [7, 11) is 1.54. The summed E-state index contributed by atoms with van der Waals surface area (Å²) in [5.74, 6) is 1.01. The van der Waals surface area contributed by atoms with Crippen LogP contribution in [0.4, 0.5) is 5.82 Å². The SMILES string of the molecule is COc1cccc2onc(NC(=O)C(C)(C)Oc3ccc(Cl)cc3)c12. The van der Waals surface area contributed by atoms with Crippen LogP contribution in [0.2, 0.25) is 5.02 Å². The summed E-state index contributed by atoms with van der Waals surface area (Å²) in [4.78, 5) is 12.7. The van der Waals surface area contributed by atoms with Gasteiger partial charge in [0.15, 0.2) is 17.0 Å². The summed E-state index contributed by atoms with van der Waals surface area (Å²) in [5.41, 5.74) is -0.618. The second kappa shape index (κ2) is 6.64. The van der Waals surface area contributed by atoms with Crippen molar-refractivity contribution < 1.29 is 18.8 Å². The molecule has 6 nitrogen and oxygen atoms in total. The molecule has 0 unspecified atom stereocenters. The van der Waals surface area contributed by atoms with Crippen LogP contribution in [-0.2, 0) is 4.79 Å². The number of nitrogens with zero attached hydrogens (tertiary/aromatic N) is 1. The van der Waals surface area contributed by atoms with E-state index in [0.29, 0.717) is 27.5 Å². The van der Waals surface area contributed by atoms with E-state index in [-0.39, 0.29) is 11.7 Å². The number of benzene rings is 2. The second-order valence-electron chi connectivity index (χ2n) is 5.89. The monoisotopic (exact) mass is 360 g/mol. The van der Waals surface area contributed by atoms with Gasteiger partial charge in [0.2, 0.25) is 0 Å². The first kappa shape index (κ1) is 17.1. The third kappa shape index (κ3) is 3.53. The third-order valence-corrected chi connectivity index (χ3v) is 3.90. The number of rotatable bonds is 5. The highest BCUT2D eigenvalue weighted by atomic mass is 35.5. The number of halogens is 1. The van der Waals surface area contributed by atoms with Crippen molar-refractivity contribution in [3.63, 3.8) is 0 Å². The van der Waals surface area contributed by atoms with Gasteiger partial charge in [-0.05, 0) is 50.2 Å². The van der Waals surface area contributed by atoms with Crippen LogP contribution in [0.5, 0.6) is 11.5 Å². The smallest absolute Gasteiger partial charge is 0.269 e. The molecular weight excluding hydrogens is 344 g/mol. The van der Waals surface area contributed by atoms with Crippen molar-refractivity contribution in [2.45, 2.75) is 19.4 Å². The van der Waals surface area contributed by atoms with Crippen LogP contribution in [0.3, 0.4) is 0 Å². The number of hydrogen-bond donors (Lipinski definition) is 1. The number of carbonyl (C=O) groups excluding carboxylic acids is 1. The zero-order valence-corrected chi connectivity index (χ0v) is 14.8. The summed E-state index contributed by atoms with van der Waals surface area (Å²) in [6.07, 6.45) is 0. The molecule has 1 N–H and O–H groups in total. The standard InChI is InChI=1S/C18H17ClN2O4/c1-18(2,24-12-9-7-11(19)8-10-12)17(22)20-16-15-13(23-3)5-4-6-14(15)25-21-16/h4-10H,1-3H3,(H,20,21,22). The van der Waals surface area contributed by atoms with Gasteiger partial charge in [-0.15, -0.1) is 0 Å². The summed E-state index contributed by atoms with van der Waals surface area (Å²) < 4.78 is 16.3. The van der Waals surface area contributed by atoms with E-state index in [1.54, 1.807) is 63.4 Å². The lowest BCUT2D eigenvalue weighted by molar-refractivity contribution is -0.128. The van der Waals surface area contributed by atoms with E-state index in [4.69, 9.17) is 25.6 Å². The van der Waals surface area contributed by atoms with Gasteiger partial charge in [0.1, 0.15) is 16.9 Å². The maximum atomic E-state index is 12.7. The largest absolute Gasteiger partial charge is 0.496 e. The molecule has 2 aromatic carbocycles. The first-order valence-corrected chi connectivity index (χ1v) is 7.97. The molecule has 3 aromatic rings. The number of carbonyl (C=O) groups is 1. The third-order valence-electron chi connectivity index (χ3n) is 3.65. The molecule has 0 bridgehead atoms. The van der Waals surface area contributed by atoms with Crippen LogP contribution in [0, 0.1) is 0 Å². The first-order chi connectivity index (χ1) is 11.9. The Balaban J connectivity index is 1.82. The highest BCUT2D eigenvalue weighted by molar-refractivity contribution is 6.30. The van der Waals surface area contributed by atoms with Gasteiger partial charge in [-0.3, -0.25) is 4.79 Å². The molecule has 0 aliphatic heterocycles. The molecule has 0 saturated carbocycles. The van der Waals surface area contributed by atoms with Crippen molar-refractivity contribution in [2.75, 3.05) is 12.4 Å². The summed E-state index contributed by atoms with van der Waals surface area (Å²) in [6, 6.07) is 12.1. The van der Waals surface area contributed by atoms with Gasteiger partial charge in [-0.1, -0.05) is 22.8 Å². The van der Waals surface area contributed by atoms with Gasteiger partial charge >= 0.3 is 0 Å². The fourth-order valence-corrected chi connectivity index (χ4v) is 2.44. The molecule has 3 rings (SSSR count). The number of aromatic nitrogens is 1. The number of amides is 1. The number of methoxy groups -OCH3 is 1. The van der Waals surface area contributed by atoms with Crippen LogP contribution in [0.1, 0.15) is 13.8 Å². The molecule has 0 aliphatic carbocycles. The van der Waals surface area contributed by atoms with Crippen LogP contribution in [-0.4, -0.2) is 23.8 Å². The van der Waals surface area contributed by atoms with Gasteiger partial charge in [0.25, 0.3) is 5.91 Å². The number of fused-ring (bicyclic) bond motifs is 1. The Kier molecular flexibility index (Phi) is 4.55. The Morgan fingerprint density at radius 3 is 2.60 bits per heavy atom. The molecule has 0 spiro atoms. The Labute approximate surface area is 149 Å². The molecule has 1 amide bonds. The average molecular weight is 361 g/mol. The summed E-state index contributed by atoms with van der Waals surface area (Å²) in [6.45, 7) is 3.33. The lowest BCUT2D eigenvalue weighted by atomic mass is 10.1. The van der Waals surface area contributed by atoms with Crippen LogP contribution in [0.25, 0.3) is 11.0 Å². The molecule has 0 radical (unpaired) electrons. The minimum atomic E-state index is -1.14. The van der Waals surface area contributed by atoms with Crippen molar-refractivity contribution in [1.29, 1.82) is 0 Å². The fourth-order valence-electron chi connectivity index (χ4n) is 2.32. The molecule has 1 aromatic heterocycles. The van der Waals surface area contributed by atoms with Crippen molar-refractivity contribution in [3.8, 4) is 11.5 Å². The maximum Gasteiger partial charge on any atom is 0.269 e. The zero-order chi connectivity index (χ0) is 18.0. The first-order valence-electron chi connectivity index (χ1n) is 7.59. The zero-order valence-electron chi connectivity index (χ0n) is 14.0. The van der Waals surface area contributed by atoms with Crippen molar-refractivity contribution in [3.05, 3.63) is 47.5 Å². The maximum absolute atomic E-state index is 12.7. The van der Waals surface area contributed by atoms with Gasteiger partial charge in [-0.2, -0.15) is 0 Å². The quantitative estimate of drug-likeness (QED) is 0.734. The molecule has 0 saturated heterocycles. The molecule has 130 valence electrons. The van der Waals surface area contributed by atoms with Crippen molar-refractivity contribution in [1.82, 2.24) is 5.16 Å². The lowest BCUT2D eigenvalue weighted by Gasteiger charge is -2.24. The predicted octanol–water partition coefficient (Wildman–Crippen LogP) is 4.29. The van der Waals surface area contributed by atoms with Crippen LogP contribution in [0.15, 0.2) is 47.0 Å². The highest BCUT2D eigenvalue weighted by Crippen LogP contribution is 2.32. The Morgan fingerprint density at radius 1 is 1.20 bits per heavy atom. The molecular formula is C18H17ClN2O4. The summed E-state index contributed by atoms with van der Waals surface area (Å²) in [5, 5.41) is 7.84. The number of ether oxygens (including phenoxy) is 2. The van der Waals surface area contributed by atoms with Crippen LogP contribution < -0.4 is 14.8 Å². The molecule has 0 aliphatic rings. The fraction of sp³-hybridized carbons (Fsp3) is 0.222. The van der Waals surface area contributed by atoms with Gasteiger partial charge in [-0.25, -0.2) is 0 Å². The van der Waals surface area contributed by atoms with E-state index in [1.807, 2.05) is 0 Å². The topological polar surface area (TPSA) is 73.6 Å². The predicted molar refractivity (Wildman–Crippen MR) is 95.3 cm³/mol. The average Bonchev–Trinajstić information content (AvgIpc) is 3.00. The van der Waals surface area contributed by atoms with E-state index >= 15 is 0 Å². The second-order valence-corrected chi connectivity index (χ2v) is 6.32. The van der Waals surface area contributed by atoms with E-state index in [9.17, 15) is 4.79 Å². The minimum Gasteiger partial charge on any atom is -0.496 e. The molecule has 1 heterocycles. The van der Waals surface area contributed by atoms with Gasteiger partial charge in [0, 0.05) is 5.02 Å². The molecule has 0 atom stereocenters. The molecule has 0 fully saturated rings. The van der Waals surface area contributed by atoms with E-state index in [0.717, 1.165) is 0 Å². The lowest BCUT2D eigenvalue weighted by Crippen LogP contribution is -2.42. The van der Waals surface area contributed by atoms with Gasteiger partial charge in [0.05, 0.1) is 7.11 Å². The summed E-state index contributed by atoms with van der Waals surface area (Å²) >= 11 is 5.86. The number of hydrogen-bond acceptors (Lipinski definition) is 5. The normalized spacial score (nSPS) is 11.4. The Hall–Kier alpha value is -2.73. The van der Waals surface area contributed by atoms with E-state index < -0.39 is 5.60 Å². The van der Waals surface area contributed by atoms with Crippen LogP contribution >= 0.6 is 11.6 Å². The number of nitrogens with one attached hydrogen (secondary N) is 1. The number of anilines is 1. The van der Waals surface area contributed by atoms with E-state index in [1.165, 1.54) is 0 Å². The van der Waals surface area contributed by atoms with Crippen molar-refractivity contribution in [2.24, 2.45) is 0 Å². The van der Waals surface area contributed by atoms with E-state index in [2.05, 4.69) is 10.5 Å². The Morgan fingerprint density at radius 2 is 1.92 bits per heavy atom. The van der Waals surface area contributed by atoms with Crippen molar-refractivity contribution >= 4 is 34.3 Å². The highest BCUT2D eigenvalue weighted by Gasteiger charge is 2.31. The Bertz CT molecular complexity index is 903. The molecule has 25 heavy (non-hydrogen) atoms. The minimum absolute atomic E-state index is 0.283. The molecule has 7 heteroatoms.